The highest BCUT2D eigenvalue weighted by molar-refractivity contribution is 5.89. The molecule has 4 nitrogen and oxygen atoms in total. The topological polar surface area (TPSA) is 49.8 Å². The number of ether oxygens (including phenoxy) is 1. The Morgan fingerprint density at radius 3 is 2.64 bits per heavy atom. The van der Waals surface area contributed by atoms with Gasteiger partial charge in [0.15, 0.2) is 0 Å². The highest BCUT2D eigenvalue weighted by Gasteiger charge is 2.49. The number of carbonyl (C=O) groups excluding carboxylic acids is 1. The quantitative estimate of drug-likeness (QED) is 0.927. The molecular formula is C17H22FNO3. The van der Waals surface area contributed by atoms with Crippen LogP contribution in [0.15, 0.2) is 24.3 Å². The molecule has 1 amide bonds. The van der Waals surface area contributed by atoms with Crippen molar-refractivity contribution in [2.45, 2.75) is 43.7 Å². The largest absolute Gasteiger partial charge is 0.394 e. The standard InChI is InChI=1S/C17H22FNO3/c1-12-11-22-15(10-20)9-19(12)16(21)17(7-2-8-17)13-3-5-14(18)6-4-13/h3-6,12,15,20H,2,7-11H2,1H3. The van der Waals surface area contributed by atoms with Crippen molar-refractivity contribution in [2.75, 3.05) is 19.8 Å². The summed E-state index contributed by atoms with van der Waals surface area (Å²) in [6.07, 6.45) is 2.28. The van der Waals surface area contributed by atoms with Gasteiger partial charge >= 0.3 is 0 Å². The number of benzene rings is 1. The van der Waals surface area contributed by atoms with Gasteiger partial charge in [-0.3, -0.25) is 4.79 Å². The first-order valence-corrected chi connectivity index (χ1v) is 7.86. The molecule has 120 valence electrons. The van der Waals surface area contributed by atoms with Crippen molar-refractivity contribution >= 4 is 5.91 Å². The van der Waals surface area contributed by atoms with Crippen LogP contribution in [0.1, 0.15) is 31.7 Å². The molecule has 1 saturated heterocycles. The molecule has 2 atom stereocenters. The second kappa shape index (κ2) is 5.97. The van der Waals surface area contributed by atoms with Crippen molar-refractivity contribution in [1.82, 2.24) is 4.90 Å². The first kappa shape index (κ1) is 15.4. The molecule has 1 aromatic rings. The van der Waals surface area contributed by atoms with Gasteiger partial charge < -0.3 is 14.7 Å². The monoisotopic (exact) mass is 307 g/mol. The SMILES string of the molecule is CC1COC(CO)CN1C(=O)C1(c2ccc(F)cc2)CCC1. The fourth-order valence-corrected chi connectivity index (χ4v) is 3.41. The second-order valence-electron chi connectivity index (χ2n) is 6.39. The third-order valence-corrected chi connectivity index (χ3v) is 4.98. The van der Waals surface area contributed by atoms with Crippen LogP contribution in [-0.2, 0) is 14.9 Å². The third-order valence-electron chi connectivity index (χ3n) is 4.98. The number of aliphatic hydroxyl groups is 1. The molecule has 1 aliphatic carbocycles. The Labute approximate surface area is 129 Å². The van der Waals surface area contributed by atoms with Crippen molar-refractivity contribution < 1.29 is 19.0 Å². The van der Waals surface area contributed by atoms with E-state index in [1.807, 2.05) is 11.8 Å². The molecule has 5 heteroatoms. The van der Waals surface area contributed by atoms with E-state index >= 15 is 0 Å². The molecule has 3 rings (SSSR count). The van der Waals surface area contributed by atoms with Gasteiger partial charge in [-0.25, -0.2) is 4.39 Å². The third kappa shape index (κ3) is 2.52. The summed E-state index contributed by atoms with van der Waals surface area (Å²) in [5.41, 5.74) is 0.364. The normalized spacial score (nSPS) is 27.3. The zero-order valence-electron chi connectivity index (χ0n) is 12.8. The average Bonchev–Trinajstić information content (AvgIpc) is 2.48. The van der Waals surface area contributed by atoms with Gasteiger partial charge in [-0.2, -0.15) is 0 Å². The fourth-order valence-electron chi connectivity index (χ4n) is 3.41. The van der Waals surface area contributed by atoms with Crippen molar-refractivity contribution in [1.29, 1.82) is 0 Å². The van der Waals surface area contributed by atoms with Crippen LogP contribution < -0.4 is 0 Å². The molecule has 0 bridgehead atoms. The number of rotatable bonds is 3. The molecule has 22 heavy (non-hydrogen) atoms. The molecular weight excluding hydrogens is 285 g/mol. The Bertz CT molecular complexity index is 541. The zero-order chi connectivity index (χ0) is 15.7. The van der Waals surface area contributed by atoms with Crippen molar-refractivity contribution in [2.24, 2.45) is 0 Å². The van der Waals surface area contributed by atoms with Gasteiger partial charge in [0.25, 0.3) is 0 Å². The maximum absolute atomic E-state index is 13.2. The summed E-state index contributed by atoms with van der Waals surface area (Å²) in [6.45, 7) is 2.73. The first-order chi connectivity index (χ1) is 10.6. The number of amides is 1. The molecule has 1 aliphatic heterocycles. The Kier molecular flexibility index (Phi) is 4.19. The number of carbonyl (C=O) groups is 1. The lowest BCUT2D eigenvalue weighted by atomic mass is 9.63. The van der Waals surface area contributed by atoms with E-state index in [1.54, 1.807) is 12.1 Å². The van der Waals surface area contributed by atoms with Crippen LogP contribution >= 0.6 is 0 Å². The lowest BCUT2D eigenvalue weighted by Gasteiger charge is -2.47. The van der Waals surface area contributed by atoms with Crippen LogP contribution in [-0.4, -0.2) is 47.8 Å². The fraction of sp³-hybridized carbons (Fsp3) is 0.588. The summed E-state index contributed by atoms with van der Waals surface area (Å²) < 4.78 is 18.7. The molecule has 1 heterocycles. The predicted molar refractivity (Wildman–Crippen MR) is 79.9 cm³/mol. The first-order valence-electron chi connectivity index (χ1n) is 7.86. The number of hydrogen-bond donors (Lipinski definition) is 1. The van der Waals surface area contributed by atoms with Gasteiger partial charge in [-0.15, -0.1) is 0 Å². The van der Waals surface area contributed by atoms with Crippen molar-refractivity contribution in [3.63, 3.8) is 0 Å². The highest BCUT2D eigenvalue weighted by Crippen LogP contribution is 2.45. The summed E-state index contributed by atoms with van der Waals surface area (Å²) in [6, 6.07) is 6.28. The Hall–Kier alpha value is -1.46. The van der Waals surface area contributed by atoms with Gasteiger partial charge in [-0.05, 0) is 37.5 Å². The van der Waals surface area contributed by atoms with Crippen LogP contribution in [0.4, 0.5) is 4.39 Å². The molecule has 2 unspecified atom stereocenters. The van der Waals surface area contributed by atoms with Crippen LogP contribution in [0.2, 0.25) is 0 Å². The molecule has 1 aromatic carbocycles. The van der Waals surface area contributed by atoms with E-state index in [4.69, 9.17) is 4.74 Å². The van der Waals surface area contributed by atoms with Gasteiger partial charge in [0.2, 0.25) is 5.91 Å². The van der Waals surface area contributed by atoms with Crippen LogP contribution in [0, 0.1) is 5.82 Å². The number of hydrogen-bond acceptors (Lipinski definition) is 3. The van der Waals surface area contributed by atoms with Crippen LogP contribution in [0.3, 0.4) is 0 Å². The van der Waals surface area contributed by atoms with E-state index in [-0.39, 0.29) is 30.5 Å². The van der Waals surface area contributed by atoms with Gasteiger partial charge in [0.05, 0.1) is 30.8 Å². The highest BCUT2D eigenvalue weighted by atomic mass is 19.1. The molecule has 1 N–H and O–H groups in total. The minimum Gasteiger partial charge on any atom is -0.394 e. The maximum atomic E-state index is 13.2. The lowest BCUT2D eigenvalue weighted by molar-refractivity contribution is -0.155. The summed E-state index contributed by atoms with van der Waals surface area (Å²) in [4.78, 5) is 15.0. The Morgan fingerprint density at radius 2 is 2.09 bits per heavy atom. The molecule has 2 aliphatic rings. The summed E-state index contributed by atoms with van der Waals surface area (Å²) in [7, 11) is 0. The minimum absolute atomic E-state index is 0.00627. The van der Waals surface area contributed by atoms with E-state index in [9.17, 15) is 14.3 Å². The molecule has 0 aromatic heterocycles. The van der Waals surface area contributed by atoms with Crippen LogP contribution in [0.5, 0.6) is 0 Å². The summed E-state index contributed by atoms with van der Waals surface area (Å²) in [5, 5.41) is 9.29. The molecule has 1 saturated carbocycles. The predicted octanol–water partition coefficient (Wildman–Crippen LogP) is 1.86. The maximum Gasteiger partial charge on any atom is 0.233 e. The average molecular weight is 307 g/mol. The molecule has 0 spiro atoms. The number of nitrogens with zero attached hydrogens (tertiary/aromatic N) is 1. The number of halogens is 1. The Morgan fingerprint density at radius 1 is 1.41 bits per heavy atom. The summed E-state index contributed by atoms with van der Waals surface area (Å²) >= 11 is 0. The van der Waals surface area contributed by atoms with E-state index in [0.717, 1.165) is 24.8 Å². The number of aliphatic hydroxyl groups excluding tert-OH is 1. The van der Waals surface area contributed by atoms with Gasteiger partial charge in [0, 0.05) is 6.54 Å². The van der Waals surface area contributed by atoms with Gasteiger partial charge in [-0.1, -0.05) is 18.6 Å². The second-order valence-corrected chi connectivity index (χ2v) is 6.39. The van der Waals surface area contributed by atoms with Crippen LogP contribution in [0.25, 0.3) is 0 Å². The van der Waals surface area contributed by atoms with Crippen molar-refractivity contribution in [3.05, 3.63) is 35.6 Å². The molecule has 0 radical (unpaired) electrons. The van der Waals surface area contributed by atoms with Crippen molar-refractivity contribution in [3.8, 4) is 0 Å². The molecule has 2 fully saturated rings. The number of morpholine rings is 1. The van der Waals surface area contributed by atoms with E-state index < -0.39 is 5.41 Å². The smallest absolute Gasteiger partial charge is 0.233 e. The zero-order valence-corrected chi connectivity index (χ0v) is 12.8. The minimum atomic E-state index is -0.528. The lowest BCUT2D eigenvalue weighted by Crippen LogP contribution is -2.59. The van der Waals surface area contributed by atoms with Gasteiger partial charge in [0.1, 0.15) is 5.82 Å². The van der Waals surface area contributed by atoms with E-state index in [0.29, 0.717) is 13.2 Å². The summed E-state index contributed by atoms with van der Waals surface area (Å²) in [5.74, 6) is -0.203. The van der Waals surface area contributed by atoms with E-state index in [1.165, 1.54) is 12.1 Å². The Balaban J connectivity index is 1.86. The van der Waals surface area contributed by atoms with E-state index in [2.05, 4.69) is 0 Å².